The molecule has 1 fully saturated rings. The van der Waals surface area contributed by atoms with Gasteiger partial charge in [0.2, 0.25) is 0 Å². The number of benzene rings is 2. The molecule has 1 aliphatic heterocycles. The number of hydrogen-bond donors (Lipinski definition) is 0. The highest BCUT2D eigenvalue weighted by molar-refractivity contribution is 5.96. The standard InChI is InChI=1S/C18H17NO4/c1-22-16(14-10-6-3-7-11-14)17(20)19-15(12-23-18(19)21)13-8-4-2-5-9-13/h2-11,15-16H,12H2,1H3/t15-,16-/m0/s1. The maximum absolute atomic E-state index is 12.9. The summed E-state index contributed by atoms with van der Waals surface area (Å²) in [6.45, 7) is 0.153. The van der Waals surface area contributed by atoms with Crippen LogP contribution in [0, 0.1) is 0 Å². The maximum atomic E-state index is 12.9. The van der Waals surface area contributed by atoms with Gasteiger partial charge in [-0.15, -0.1) is 0 Å². The van der Waals surface area contributed by atoms with Crippen molar-refractivity contribution < 1.29 is 19.1 Å². The van der Waals surface area contributed by atoms with Crippen molar-refractivity contribution >= 4 is 12.0 Å². The van der Waals surface area contributed by atoms with Crippen molar-refractivity contribution in [3.8, 4) is 0 Å². The maximum Gasteiger partial charge on any atom is 0.417 e. The Labute approximate surface area is 134 Å². The number of amides is 2. The van der Waals surface area contributed by atoms with Gasteiger partial charge in [-0.05, 0) is 11.1 Å². The molecule has 23 heavy (non-hydrogen) atoms. The van der Waals surface area contributed by atoms with E-state index in [2.05, 4.69) is 0 Å². The van der Waals surface area contributed by atoms with E-state index in [1.54, 1.807) is 12.1 Å². The van der Waals surface area contributed by atoms with Gasteiger partial charge in [-0.1, -0.05) is 60.7 Å². The molecular formula is C18H17NO4. The van der Waals surface area contributed by atoms with E-state index < -0.39 is 24.1 Å². The fourth-order valence-corrected chi connectivity index (χ4v) is 2.72. The molecule has 2 aromatic rings. The number of carbonyl (C=O) groups is 2. The fourth-order valence-electron chi connectivity index (χ4n) is 2.72. The van der Waals surface area contributed by atoms with Crippen LogP contribution in [0.1, 0.15) is 23.3 Å². The second kappa shape index (κ2) is 6.62. The molecule has 0 N–H and O–H groups in total. The zero-order chi connectivity index (χ0) is 16.2. The van der Waals surface area contributed by atoms with Gasteiger partial charge in [0, 0.05) is 7.11 Å². The lowest BCUT2D eigenvalue weighted by Gasteiger charge is -2.24. The van der Waals surface area contributed by atoms with Gasteiger partial charge in [-0.2, -0.15) is 0 Å². The van der Waals surface area contributed by atoms with Crippen molar-refractivity contribution in [3.63, 3.8) is 0 Å². The topological polar surface area (TPSA) is 55.8 Å². The van der Waals surface area contributed by atoms with Crippen LogP contribution in [0.2, 0.25) is 0 Å². The predicted molar refractivity (Wildman–Crippen MR) is 83.6 cm³/mol. The van der Waals surface area contributed by atoms with Crippen molar-refractivity contribution in [2.24, 2.45) is 0 Å². The average Bonchev–Trinajstić information content (AvgIpc) is 2.99. The highest BCUT2D eigenvalue weighted by Gasteiger charge is 2.42. The van der Waals surface area contributed by atoms with Crippen molar-refractivity contribution in [1.29, 1.82) is 0 Å². The van der Waals surface area contributed by atoms with E-state index in [0.29, 0.717) is 5.56 Å². The molecule has 2 aromatic carbocycles. The molecule has 1 heterocycles. The molecule has 3 rings (SSSR count). The second-order valence-electron chi connectivity index (χ2n) is 5.24. The minimum absolute atomic E-state index is 0.153. The first kappa shape index (κ1) is 15.2. The summed E-state index contributed by atoms with van der Waals surface area (Å²) in [6.07, 6.45) is -1.48. The van der Waals surface area contributed by atoms with Crippen LogP contribution in [-0.2, 0) is 14.3 Å². The zero-order valence-corrected chi connectivity index (χ0v) is 12.7. The summed E-state index contributed by atoms with van der Waals surface area (Å²) in [5, 5.41) is 0. The van der Waals surface area contributed by atoms with Crippen LogP contribution in [0.15, 0.2) is 60.7 Å². The smallest absolute Gasteiger partial charge is 0.417 e. The van der Waals surface area contributed by atoms with Gasteiger partial charge in [-0.25, -0.2) is 9.69 Å². The molecule has 2 amide bonds. The normalized spacial score (nSPS) is 18.6. The molecule has 5 heteroatoms. The highest BCUT2D eigenvalue weighted by atomic mass is 16.6. The minimum atomic E-state index is -0.840. The van der Waals surface area contributed by atoms with Crippen LogP contribution in [0.3, 0.4) is 0 Å². The van der Waals surface area contributed by atoms with E-state index in [9.17, 15) is 9.59 Å². The monoisotopic (exact) mass is 311 g/mol. The predicted octanol–water partition coefficient (Wildman–Crippen LogP) is 3.09. The molecule has 0 saturated carbocycles. The van der Waals surface area contributed by atoms with E-state index in [1.807, 2.05) is 48.5 Å². The summed E-state index contributed by atoms with van der Waals surface area (Å²) in [5.41, 5.74) is 1.56. The van der Waals surface area contributed by atoms with E-state index in [0.717, 1.165) is 10.5 Å². The quantitative estimate of drug-likeness (QED) is 0.870. The van der Waals surface area contributed by atoms with Crippen LogP contribution in [0.25, 0.3) is 0 Å². The molecule has 2 atom stereocenters. The Kier molecular flexibility index (Phi) is 4.39. The molecule has 1 saturated heterocycles. The minimum Gasteiger partial charge on any atom is -0.446 e. The summed E-state index contributed by atoms with van der Waals surface area (Å²) in [4.78, 5) is 26.1. The largest absolute Gasteiger partial charge is 0.446 e. The Morgan fingerprint density at radius 1 is 1.13 bits per heavy atom. The van der Waals surface area contributed by atoms with E-state index >= 15 is 0 Å². The Hall–Kier alpha value is -2.66. The van der Waals surface area contributed by atoms with E-state index in [4.69, 9.17) is 9.47 Å². The lowest BCUT2D eigenvalue weighted by atomic mass is 10.0. The highest BCUT2D eigenvalue weighted by Crippen LogP contribution is 2.31. The molecule has 0 aromatic heterocycles. The number of ether oxygens (including phenoxy) is 2. The average molecular weight is 311 g/mol. The molecule has 0 bridgehead atoms. The zero-order valence-electron chi connectivity index (χ0n) is 12.7. The number of rotatable bonds is 4. The van der Waals surface area contributed by atoms with Gasteiger partial charge < -0.3 is 9.47 Å². The number of cyclic esters (lactones) is 1. The SMILES string of the molecule is CO[C@H](C(=O)N1C(=O)OC[C@H]1c1ccccc1)c1ccccc1. The summed E-state index contributed by atoms with van der Waals surface area (Å²) in [6, 6.07) is 18.0. The first-order chi connectivity index (χ1) is 11.2. The third kappa shape index (κ3) is 2.96. The Morgan fingerprint density at radius 3 is 2.35 bits per heavy atom. The van der Waals surface area contributed by atoms with Crippen molar-refractivity contribution in [2.45, 2.75) is 12.1 Å². The number of imide groups is 1. The second-order valence-corrected chi connectivity index (χ2v) is 5.24. The van der Waals surface area contributed by atoms with Gasteiger partial charge in [0.05, 0.1) is 0 Å². The molecule has 5 nitrogen and oxygen atoms in total. The van der Waals surface area contributed by atoms with Gasteiger partial charge in [0.25, 0.3) is 5.91 Å². The van der Waals surface area contributed by atoms with E-state index in [-0.39, 0.29) is 6.61 Å². The van der Waals surface area contributed by atoms with Crippen LogP contribution in [0.4, 0.5) is 4.79 Å². The first-order valence-corrected chi connectivity index (χ1v) is 7.35. The summed E-state index contributed by atoms with van der Waals surface area (Å²) in [7, 11) is 1.45. The lowest BCUT2D eigenvalue weighted by Crippen LogP contribution is -2.38. The lowest BCUT2D eigenvalue weighted by molar-refractivity contribution is -0.140. The van der Waals surface area contributed by atoms with Crippen LogP contribution in [-0.4, -0.2) is 30.6 Å². The molecule has 0 spiro atoms. The molecule has 0 radical (unpaired) electrons. The number of methoxy groups -OCH3 is 1. The van der Waals surface area contributed by atoms with Crippen molar-refractivity contribution in [1.82, 2.24) is 4.90 Å². The van der Waals surface area contributed by atoms with Crippen LogP contribution in [0.5, 0.6) is 0 Å². The summed E-state index contributed by atoms with van der Waals surface area (Å²) in [5.74, 6) is -0.421. The Morgan fingerprint density at radius 2 is 1.74 bits per heavy atom. The Bertz CT molecular complexity index is 687. The molecule has 0 aliphatic carbocycles. The van der Waals surface area contributed by atoms with Gasteiger partial charge in [0.15, 0.2) is 6.10 Å². The fraction of sp³-hybridized carbons (Fsp3) is 0.222. The van der Waals surface area contributed by atoms with Crippen LogP contribution >= 0.6 is 0 Å². The summed E-state index contributed by atoms with van der Waals surface area (Å²) >= 11 is 0. The number of carbonyl (C=O) groups excluding carboxylic acids is 2. The first-order valence-electron chi connectivity index (χ1n) is 7.35. The van der Waals surface area contributed by atoms with Crippen molar-refractivity contribution in [2.75, 3.05) is 13.7 Å². The molecule has 118 valence electrons. The molecule has 0 unspecified atom stereocenters. The third-order valence-corrected chi connectivity index (χ3v) is 3.86. The molecular weight excluding hydrogens is 294 g/mol. The van der Waals surface area contributed by atoms with Crippen molar-refractivity contribution in [3.05, 3.63) is 71.8 Å². The Balaban J connectivity index is 1.91. The van der Waals surface area contributed by atoms with Crippen LogP contribution < -0.4 is 0 Å². The van der Waals surface area contributed by atoms with Gasteiger partial charge in [0.1, 0.15) is 12.6 Å². The third-order valence-electron chi connectivity index (χ3n) is 3.86. The van der Waals surface area contributed by atoms with E-state index in [1.165, 1.54) is 7.11 Å². The number of hydrogen-bond acceptors (Lipinski definition) is 4. The summed E-state index contributed by atoms with van der Waals surface area (Å²) < 4.78 is 10.4. The van der Waals surface area contributed by atoms with Gasteiger partial charge >= 0.3 is 6.09 Å². The molecule has 1 aliphatic rings. The van der Waals surface area contributed by atoms with Gasteiger partial charge in [-0.3, -0.25) is 4.79 Å². The number of nitrogens with zero attached hydrogens (tertiary/aromatic N) is 1.